The van der Waals surface area contributed by atoms with Crippen molar-refractivity contribution in [2.24, 2.45) is 0 Å². The number of aromatic amines is 1. The van der Waals surface area contributed by atoms with Crippen LogP contribution in [0, 0.1) is 0 Å². The minimum atomic E-state index is -0.118. The second kappa shape index (κ2) is 6.44. The highest BCUT2D eigenvalue weighted by molar-refractivity contribution is 6.05. The smallest absolute Gasteiger partial charge is 0.253 e. The predicted molar refractivity (Wildman–Crippen MR) is 89.0 cm³/mol. The fraction of sp³-hybridized carbons (Fsp3) is 0.167. The molecule has 118 valence electrons. The number of H-pyrrole nitrogens is 1. The molecule has 0 aliphatic carbocycles. The van der Waals surface area contributed by atoms with Crippen molar-refractivity contribution in [1.82, 2.24) is 10.3 Å². The van der Waals surface area contributed by atoms with Gasteiger partial charge in [0.25, 0.3) is 5.91 Å². The Bertz CT molecular complexity index is 839. The molecule has 0 saturated heterocycles. The van der Waals surface area contributed by atoms with Gasteiger partial charge in [0.15, 0.2) is 11.5 Å². The van der Waals surface area contributed by atoms with Crippen molar-refractivity contribution < 1.29 is 14.3 Å². The Hall–Kier alpha value is -2.95. The highest BCUT2D eigenvalue weighted by atomic mass is 16.5. The highest BCUT2D eigenvalue weighted by Gasteiger charge is 2.11. The van der Waals surface area contributed by atoms with Gasteiger partial charge in [-0.1, -0.05) is 18.2 Å². The van der Waals surface area contributed by atoms with E-state index in [0.29, 0.717) is 23.6 Å². The van der Waals surface area contributed by atoms with E-state index in [-0.39, 0.29) is 5.91 Å². The van der Waals surface area contributed by atoms with Crippen LogP contribution in [0.5, 0.6) is 11.5 Å². The van der Waals surface area contributed by atoms with Gasteiger partial charge < -0.3 is 19.8 Å². The zero-order valence-electron chi connectivity index (χ0n) is 13.1. The lowest BCUT2D eigenvalue weighted by Gasteiger charge is -2.10. The van der Waals surface area contributed by atoms with Gasteiger partial charge in [-0.05, 0) is 29.8 Å². The summed E-state index contributed by atoms with van der Waals surface area (Å²) >= 11 is 0. The van der Waals surface area contributed by atoms with Gasteiger partial charge in [-0.3, -0.25) is 4.79 Å². The summed E-state index contributed by atoms with van der Waals surface area (Å²) < 4.78 is 10.5. The van der Waals surface area contributed by atoms with E-state index in [4.69, 9.17) is 9.47 Å². The average molecular weight is 310 g/mol. The van der Waals surface area contributed by atoms with Crippen LogP contribution in [0.3, 0.4) is 0 Å². The molecule has 1 amide bonds. The lowest BCUT2D eigenvalue weighted by atomic mass is 10.1. The van der Waals surface area contributed by atoms with Crippen LogP contribution in [0.15, 0.2) is 48.7 Å². The van der Waals surface area contributed by atoms with Crippen LogP contribution in [-0.2, 0) is 6.54 Å². The van der Waals surface area contributed by atoms with Crippen molar-refractivity contribution >= 4 is 16.8 Å². The number of ether oxygens (including phenoxy) is 2. The molecule has 5 nitrogen and oxygen atoms in total. The molecule has 0 radical (unpaired) electrons. The summed E-state index contributed by atoms with van der Waals surface area (Å²) in [6.45, 7) is 0.413. The van der Waals surface area contributed by atoms with Gasteiger partial charge >= 0.3 is 0 Å². The van der Waals surface area contributed by atoms with Crippen molar-refractivity contribution in [2.45, 2.75) is 6.54 Å². The SMILES string of the molecule is COc1ccc(CNC(=O)c2cccc3cc[nH]c23)cc1OC. The highest BCUT2D eigenvalue weighted by Crippen LogP contribution is 2.27. The summed E-state index contributed by atoms with van der Waals surface area (Å²) in [5.74, 6) is 1.19. The number of carbonyl (C=O) groups excluding carboxylic acids is 1. The van der Waals surface area contributed by atoms with E-state index < -0.39 is 0 Å². The summed E-state index contributed by atoms with van der Waals surface area (Å²) in [5, 5.41) is 3.95. The molecule has 0 bridgehead atoms. The van der Waals surface area contributed by atoms with Crippen LogP contribution in [0.4, 0.5) is 0 Å². The zero-order chi connectivity index (χ0) is 16.2. The Kier molecular flexibility index (Phi) is 4.19. The van der Waals surface area contributed by atoms with Crippen LogP contribution in [0.2, 0.25) is 0 Å². The number of aromatic nitrogens is 1. The van der Waals surface area contributed by atoms with Gasteiger partial charge in [0.1, 0.15) is 0 Å². The molecule has 5 heteroatoms. The number of para-hydroxylation sites is 1. The van der Waals surface area contributed by atoms with Gasteiger partial charge in [-0.2, -0.15) is 0 Å². The van der Waals surface area contributed by atoms with Crippen LogP contribution < -0.4 is 14.8 Å². The zero-order valence-corrected chi connectivity index (χ0v) is 13.1. The first kappa shape index (κ1) is 15.0. The maximum absolute atomic E-state index is 12.4. The molecule has 3 aromatic rings. The Balaban J connectivity index is 1.75. The molecule has 0 spiro atoms. The molecule has 0 unspecified atom stereocenters. The van der Waals surface area contributed by atoms with Crippen LogP contribution >= 0.6 is 0 Å². The molecule has 2 N–H and O–H groups in total. The Morgan fingerprint density at radius 1 is 1.09 bits per heavy atom. The number of rotatable bonds is 5. The third-order valence-electron chi connectivity index (χ3n) is 3.73. The summed E-state index contributed by atoms with van der Waals surface area (Å²) in [7, 11) is 3.18. The number of methoxy groups -OCH3 is 2. The summed E-state index contributed by atoms with van der Waals surface area (Å²) in [6, 6.07) is 13.2. The second-order valence-corrected chi connectivity index (χ2v) is 5.12. The van der Waals surface area contributed by atoms with E-state index in [0.717, 1.165) is 16.5 Å². The van der Waals surface area contributed by atoms with Crippen LogP contribution in [-0.4, -0.2) is 25.1 Å². The van der Waals surface area contributed by atoms with E-state index in [1.54, 1.807) is 14.2 Å². The molecule has 2 aromatic carbocycles. The molecule has 0 fully saturated rings. The van der Waals surface area contributed by atoms with E-state index in [1.807, 2.05) is 48.7 Å². The average Bonchev–Trinajstić information content (AvgIpc) is 3.07. The fourth-order valence-corrected chi connectivity index (χ4v) is 2.54. The number of hydrogen-bond acceptors (Lipinski definition) is 3. The van der Waals surface area contributed by atoms with E-state index in [9.17, 15) is 4.79 Å². The molecule has 0 atom stereocenters. The first-order valence-corrected chi connectivity index (χ1v) is 7.28. The summed E-state index contributed by atoms with van der Waals surface area (Å²) in [6.07, 6.45) is 1.83. The van der Waals surface area contributed by atoms with Gasteiger partial charge in [0, 0.05) is 18.1 Å². The first-order chi connectivity index (χ1) is 11.2. The number of fused-ring (bicyclic) bond motifs is 1. The maximum Gasteiger partial charge on any atom is 0.253 e. The maximum atomic E-state index is 12.4. The number of benzene rings is 2. The standard InChI is InChI=1S/C18H18N2O3/c1-22-15-7-6-12(10-16(15)23-2)11-20-18(21)14-5-3-4-13-8-9-19-17(13)14/h3-10,19H,11H2,1-2H3,(H,20,21). The van der Waals surface area contributed by atoms with Crippen LogP contribution in [0.1, 0.15) is 15.9 Å². The van der Waals surface area contributed by atoms with E-state index in [2.05, 4.69) is 10.3 Å². The van der Waals surface area contributed by atoms with Gasteiger partial charge in [-0.15, -0.1) is 0 Å². The lowest BCUT2D eigenvalue weighted by Crippen LogP contribution is -2.23. The normalized spacial score (nSPS) is 10.5. The fourth-order valence-electron chi connectivity index (χ4n) is 2.54. The Morgan fingerprint density at radius 3 is 2.70 bits per heavy atom. The van der Waals surface area contributed by atoms with Crippen molar-refractivity contribution in [3.05, 3.63) is 59.8 Å². The lowest BCUT2D eigenvalue weighted by molar-refractivity contribution is 0.0952. The Labute approximate surface area is 134 Å². The van der Waals surface area contributed by atoms with Crippen molar-refractivity contribution in [1.29, 1.82) is 0 Å². The molecular formula is C18H18N2O3. The van der Waals surface area contributed by atoms with Gasteiger partial charge in [0.05, 0.1) is 25.3 Å². The minimum absolute atomic E-state index is 0.118. The van der Waals surface area contributed by atoms with Gasteiger partial charge in [0.2, 0.25) is 0 Å². The molecule has 3 rings (SSSR count). The molecule has 23 heavy (non-hydrogen) atoms. The second-order valence-electron chi connectivity index (χ2n) is 5.12. The quantitative estimate of drug-likeness (QED) is 0.761. The number of nitrogens with one attached hydrogen (secondary N) is 2. The molecule has 1 heterocycles. The monoisotopic (exact) mass is 310 g/mol. The third kappa shape index (κ3) is 2.99. The topological polar surface area (TPSA) is 63.3 Å². The Morgan fingerprint density at radius 2 is 1.91 bits per heavy atom. The largest absolute Gasteiger partial charge is 0.493 e. The molecule has 0 aliphatic heterocycles. The molecule has 0 aliphatic rings. The minimum Gasteiger partial charge on any atom is -0.493 e. The number of amides is 1. The van der Waals surface area contributed by atoms with Crippen molar-refractivity contribution in [3.8, 4) is 11.5 Å². The van der Waals surface area contributed by atoms with E-state index >= 15 is 0 Å². The van der Waals surface area contributed by atoms with E-state index in [1.165, 1.54) is 0 Å². The molecular weight excluding hydrogens is 292 g/mol. The van der Waals surface area contributed by atoms with Crippen LogP contribution in [0.25, 0.3) is 10.9 Å². The van der Waals surface area contributed by atoms with Crippen molar-refractivity contribution in [2.75, 3.05) is 14.2 Å². The first-order valence-electron chi connectivity index (χ1n) is 7.28. The summed E-state index contributed by atoms with van der Waals surface area (Å²) in [4.78, 5) is 15.5. The number of carbonyl (C=O) groups is 1. The van der Waals surface area contributed by atoms with Crippen molar-refractivity contribution in [3.63, 3.8) is 0 Å². The predicted octanol–water partition coefficient (Wildman–Crippen LogP) is 3.12. The summed E-state index contributed by atoms with van der Waals surface area (Å²) in [5.41, 5.74) is 2.42. The molecule has 1 aromatic heterocycles. The third-order valence-corrected chi connectivity index (χ3v) is 3.73. The van der Waals surface area contributed by atoms with Gasteiger partial charge in [-0.25, -0.2) is 0 Å². The molecule has 0 saturated carbocycles. The number of hydrogen-bond donors (Lipinski definition) is 2.